The average Bonchev–Trinajstić information content (AvgIpc) is 2.78. The molecule has 2 aromatic carbocycles. The van der Waals surface area contributed by atoms with Gasteiger partial charge in [0, 0.05) is 28.2 Å². The summed E-state index contributed by atoms with van der Waals surface area (Å²) >= 11 is 18.8. The first kappa shape index (κ1) is 24.7. The maximum atomic E-state index is 13.2. The van der Waals surface area contributed by atoms with E-state index in [0.29, 0.717) is 26.4 Å². The van der Waals surface area contributed by atoms with Gasteiger partial charge in [-0.05, 0) is 44.0 Å². The Hall–Kier alpha value is -1.95. The number of hydrogen-bond donors (Lipinski definition) is 1. The molecule has 0 saturated heterocycles. The highest BCUT2D eigenvalue weighted by Gasteiger charge is 2.29. The molecular weight excluding hydrogens is 471 g/mol. The Morgan fingerprint density at radius 1 is 1.00 bits per heavy atom. The number of benzene rings is 2. The van der Waals surface area contributed by atoms with Gasteiger partial charge in [-0.15, -0.1) is 0 Å². The number of hydrogen-bond acceptors (Lipinski definition) is 3. The zero-order chi connectivity index (χ0) is 23.1. The molecule has 1 fully saturated rings. The number of nitrogens with one attached hydrogen (secondary N) is 1. The number of rotatable bonds is 8. The first-order chi connectivity index (χ1) is 15.4. The lowest BCUT2D eigenvalue weighted by Gasteiger charge is -2.31. The van der Waals surface area contributed by atoms with Crippen molar-refractivity contribution in [1.29, 1.82) is 0 Å². The number of carbonyl (C=O) groups is 2. The van der Waals surface area contributed by atoms with Crippen LogP contribution in [0.5, 0.6) is 5.75 Å². The molecule has 2 amide bonds. The summed E-state index contributed by atoms with van der Waals surface area (Å²) < 4.78 is 5.64. The van der Waals surface area contributed by atoms with E-state index in [-0.39, 0.29) is 31.0 Å². The van der Waals surface area contributed by atoms with Crippen molar-refractivity contribution in [3.8, 4) is 5.75 Å². The summed E-state index contributed by atoms with van der Waals surface area (Å²) in [5.41, 5.74) is 0.583. The molecule has 0 radical (unpaired) electrons. The molecule has 8 heteroatoms. The number of amides is 2. The largest absolute Gasteiger partial charge is 0.482 e. The third kappa shape index (κ3) is 6.53. The second-order valence-electron chi connectivity index (χ2n) is 7.96. The summed E-state index contributed by atoms with van der Waals surface area (Å²) in [6.45, 7) is 1.52. The van der Waals surface area contributed by atoms with Gasteiger partial charge in [0.1, 0.15) is 11.8 Å². The molecule has 0 aromatic heterocycles. The van der Waals surface area contributed by atoms with Crippen molar-refractivity contribution in [3.05, 3.63) is 63.1 Å². The maximum Gasteiger partial charge on any atom is 0.261 e. The minimum Gasteiger partial charge on any atom is -0.482 e. The van der Waals surface area contributed by atoms with Crippen molar-refractivity contribution >= 4 is 46.6 Å². The normalized spacial score (nSPS) is 15.1. The van der Waals surface area contributed by atoms with Gasteiger partial charge in [-0.25, -0.2) is 0 Å². The van der Waals surface area contributed by atoms with E-state index < -0.39 is 6.04 Å². The predicted octanol–water partition coefficient (Wildman–Crippen LogP) is 5.89. The Morgan fingerprint density at radius 3 is 2.28 bits per heavy atom. The number of halogens is 3. The molecule has 0 bridgehead atoms. The SMILES string of the molecule is CC(C(=O)NC1CCCCC1)N(Cc1c(Cl)cccc1Cl)C(=O)COc1ccccc1Cl. The molecule has 3 rings (SSSR count). The van der Waals surface area contributed by atoms with Gasteiger partial charge in [0.15, 0.2) is 6.61 Å². The zero-order valence-electron chi connectivity index (χ0n) is 18.0. The van der Waals surface area contributed by atoms with E-state index in [1.165, 1.54) is 11.3 Å². The molecule has 2 aromatic rings. The second kappa shape index (κ2) is 11.8. The van der Waals surface area contributed by atoms with E-state index in [0.717, 1.165) is 25.7 Å². The first-order valence-corrected chi connectivity index (χ1v) is 11.9. The molecule has 1 atom stereocenters. The lowest BCUT2D eigenvalue weighted by atomic mass is 9.95. The molecule has 5 nitrogen and oxygen atoms in total. The second-order valence-corrected chi connectivity index (χ2v) is 9.18. The van der Waals surface area contributed by atoms with Crippen LogP contribution in [-0.4, -0.2) is 35.4 Å². The van der Waals surface area contributed by atoms with Crippen LogP contribution in [0.2, 0.25) is 15.1 Å². The summed E-state index contributed by atoms with van der Waals surface area (Å²) in [5.74, 6) is -0.170. The molecule has 1 aliphatic carbocycles. The Kier molecular flexibility index (Phi) is 9.09. The molecular formula is C24H27Cl3N2O3. The van der Waals surface area contributed by atoms with Gasteiger partial charge in [-0.3, -0.25) is 9.59 Å². The summed E-state index contributed by atoms with van der Waals surface area (Å²) in [7, 11) is 0. The number of ether oxygens (including phenoxy) is 1. The van der Waals surface area contributed by atoms with Gasteiger partial charge in [-0.2, -0.15) is 0 Å². The van der Waals surface area contributed by atoms with Crippen LogP contribution < -0.4 is 10.1 Å². The third-order valence-electron chi connectivity index (χ3n) is 5.70. The molecule has 0 aliphatic heterocycles. The van der Waals surface area contributed by atoms with Gasteiger partial charge in [0.05, 0.1) is 5.02 Å². The number of para-hydroxylation sites is 1. The van der Waals surface area contributed by atoms with Gasteiger partial charge in [0.25, 0.3) is 5.91 Å². The van der Waals surface area contributed by atoms with E-state index >= 15 is 0 Å². The van der Waals surface area contributed by atoms with Crippen LogP contribution in [0.1, 0.15) is 44.6 Å². The smallest absolute Gasteiger partial charge is 0.261 e. The minimum atomic E-state index is -0.730. The summed E-state index contributed by atoms with van der Waals surface area (Å²) in [5, 5.41) is 4.36. The van der Waals surface area contributed by atoms with Crippen LogP contribution in [0.3, 0.4) is 0 Å². The van der Waals surface area contributed by atoms with E-state index in [1.807, 2.05) is 0 Å². The van der Waals surface area contributed by atoms with E-state index in [2.05, 4.69) is 5.32 Å². The molecule has 172 valence electrons. The lowest BCUT2D eigenvalue weighted by molar-refractivity contribution is -0.142. The molecule has 1 N–H and O–H groups in total. The molecule has 0 heterocycles. The van der Waals surface area contributed by atoms with Gasteiger partial charge in [0.2, 0.25) is 5.91 Å². The van der Waals surface area contributed by atoms with Crippen molar-refractivity contribution in [2.24, 2.45) is 0 Å². The molecule has 0 spiro atoms. The van der Waals surface area contributed by atoms with Gasteiger partial charge >= 0.3 is 0 Å². The van der Waals surface area contributed by atoms with E-state index in [9.17, 15) is 9.59 Å². The first-order valence-electron chi connectivity index (χ1n) is 10.8. The highest BCUT2D eigenvalue weighted by atomic mass is 35.5. The molecule has 32 heavy (non-hydrogen) atoms. The van der Waals surface area contributed by atoms with Crippen LogP contribution in [0.15, 0.2) is 42.5 Å². The molecule has 1 unspecified atom stereocenters. The van der Waals surface area contributed by atoms with Crippen molar-refractivity contribution in [1.82, 2.24) is 10.2 Å². The fourth-order valence-corrected chi connectivity index (χ4v) is 4.50. The highest BCUT2D eigenvalue weighted by molar-refractivity contribution is 6.36. The summed E-state index contributed by atoms with van der Waals surface area (Å²) in [6, 6.07) is 11.5. The predicted molar refractivity (Wildman–Crippen MR) is 128 cm³/mol. The standard InChI is InChI=1S/C24H27Cl3N2O3/c1-16(24(31)28-17-8-3-2-4-9-17)29(14-18-19(25)11-7-12-20(18)26)23(30)15-32-22-13-6-5-10-21(22)27/h5-7,10-13,16-17H,2-4,8-9,14-15H2,1H3,(H,28,31). The summed E-state index contributed by atoms with van der Waals surface area (Å²) in [4.78, 5) is 27.6. The van der Waals surface area contributed by atoms with Crippen LogP contribution in [0.4, 0.5) is 0 Å². The minimum absolute atomic E-state index is 0.0858. The van der Waals surface area contributed by atoms with Crippen molar-refractivity contribution in [2.45, 2.75) is 57.7 Å². The van der Waals surface area contributed by atoms with Crippen molar-refractivity contribution in [3.63, 3.8) is 0 Å². The maximum absolute atomic E-state index is 13.2. The Balaban J connectivity index is 1.77. The van der Waals surface area contributed by atoms with Gasteiger partial charge < -0.3 is 15.0 Å². The van der Waals surface area contributed by atoms with Crippen molar-refractivity contribution < 1.29 is 14.3 Å². The monoisotopic (exact) mass is 496 g/mol. The molecule has 1 saturated carbocycles. The van der Waals surface area contributed by atoms with Crippen LogP contribution in [0.25, 0.3) is 0 Å². The van der Waals surface area contributed by atoms with E-state index in [4.69, 9.17) is 39.5 Å². The molecule has 1 aliphatic rings. The van der Waals surface area contributed by atoms with Crippen LogP contribution in [-0.2, 0) is 16.1 Å². The fraction of sp³-hybridized carbons (Fsp3) is 0.417. The fourth-order valence-electron chi connectivity index (χ4n) is 3.79. The van der Waals surface area contributed by atoms with Gasteiger partial charge in [-0.1, -0.05) is 72.3 Å². The van der Waals surface area contributed by atoms with E-state index in [1.54, 1.807) is 49.4 Å². The van der Waals surface area contributed by atoms with Crippen molar-refractivity contribution in [2.75, 3.05) is 6.61 Å². The highest BCUT2D eigenvalue weighted by Crippen LogP contribution is 2.27. The Bertz CT molecular complexity index is 928. The Morgan fingerprint density at radius 2 is 1.62 bits per heavy atom. The average molecular weight is 498 g/mol. The van der Waals surface area contributed by atoms with Crippen LogP contribution >= 0.6 is 34.8 Å². The van der Waals surface area contributed by atoms with Crippen LogP contribution in [0, 0.1) is 0 Å². The Labute approximate surface area is 204 Å². The quantitative estimate of drug-likeness (QED) is 0.494. The topological polar surface area (TPSA) is 58.6 Å². The number of nitrogens with zero attached hydrogens (tertiary/aromatic N) is 1. The summed E-state index contributed by atoms with van der Waals surface area (Å²) in [6.07, 6.45) is 5.30. The lowest BCUT2D eigenvalue weighted by Crippen LogP contribution is -2.51. The third-order valence-corrected chi connectivity index (χ3v) is 6.72. The number of carbonyl (C=O) groups excluding carboxylic acids is 2. The zero-order valence-corrected chi connectivity index (χ0v) is 20.2.